The van der Waals surface area contributed by atoms with Crippen LogP contribution < -0.4 is 10.2 Å². The molecule has 6 nitrogen and oxygen atoms in total. The van der Waals surface area contributed by atoms with E-state index in [1.54, 1.807) is 6.20 Å². The second-order valence-electron chi connectivity index (χ2n) is 6.80. The Morgan fingerprint density at radius 1 is 1.08 bits per heavy atom. The predicted molar refractivity (Wildman–Crippen MR) is 89.8 cm³/mol. The van der Waals surface area contributed by atoms with Crippen molar-refractivity contribution in [1.82, 2.24) is 24.7 Å². The van der Waals surface area contributed by atoms with Crippen LogP contribution in [0.1, 0.15) is 19.4 Å². The highest BCUT2D eigenvalue weighted by atomic mass is 19.3. The van der Waals surface area contributed by atoms with Crippen LogP contribution in [-0.2, 0) is 0 Å². The zero-order valence-corrected chi connectivity index (χ0v) is 13.5. The van der Waals surface area contributed by atoms with E-state index in [0.29, 0.717) is 22.3 Å². The number of anilines is 1. The highest BCUT2D eigenvalue weighted by Gasteiger charge is 2.32. The molecule has 5 heterocycles. The monoisotopic (exact) mass is 344 g/mol. The number of nitrogens with one attached hydrogen (secondary N) is 1. The van der Waals surface area contributed by atoms with Gasteiger partial charge in [-0.2, -0.15) is 19.0 Å². The van der Waals surface area contributed by atoms with E-state index in [0.717, 1.165) is 29.9 Å². The summed E-state index contributed by atoms with van der Waals surface area (Å²) < 4.78 is 28.0. The second-order valence-corrected chi connectivity index (χ2v) is 6.80. The highest BCUT2D eigenvalue weighted by Crippen LogP contribution is 2.31. The van der Waals surface area contributed by atoms with Gasteiger partial charge in [0.2, 0.25) is 0 Å². The van der Waals surface area contributed by atoms with Gasteiger partial charge in [-0.05, 0) is 25.0 Å². The van der Waals surface area contributed by atoms with Gasteiger partial charge in [0.25, 0.3) is 0 Å². The van der Waals surface area contributed by atoms with Crippen molar-refractivity contribution >= 4 is 11.2 Å². The first-order chi connectivity index (χ1) is 12.2. The number of aromatic nitrogens is 4. The van der Waals surface area contributed by atoms with Crippen LogP contribution in [0, 0.1) is 0 Å². The Morgan fingerprint density at radius 2 is 1.88 bits per heavy atom. The lowest BCUT2D eigenvalue weighted by molar-refractivity contribution is 0.0566. The topological polar surface area (TPSA) is 50.4 Å². The maximum Gasteiger partial charge on any atom is 0.333 e. The molecule has 2 unspecified atom stereocenters. The standard InChI is InChI=1S/C17H18F2N6/c18-17(19)25-8-12(6-21-25)11-5-16-15(3-4-20-24(16)7-11)23-9-13-1-2-14(10-23)22-13/h3-8,13-14,17,22H,1-2,9-10H2. The molecule has 3 aromatic heterocycles. The van der Waals surface area contributed by atoms with E-state index in [1.165, 1.54) is 25.2 Å². The fourth-order valence-electron chi connectivity index (χ4n) is 4.01. The lowest BCUT2D eigenvalue weighted by atomic mass is 10.2. The first-order valence-corrected chi connectivity index (χ1v) is 8.48. The zero-order chi connectivity index (χ0) is 17.0. The summed E-state index contributed by atoms with van der Waals surface area (Å²) in [6.07, 6.45) is 8.93. The number of hydrogen-bond donors (Lipinski definition) is 1. The number of halogens is 2. The molecule has 0 aromatic carbocycles. The molecule has 2 aliphatic rings. The molecule has 2 aliphatic heterocycles. The lowest BCUT2D eigenvalue weighted by Gasteiger charge is -2.34. The van der Waals surface area contributed by atoms with E-state index in [9.17, 15) is 8.78 Å². The average Bonchev–Trinajstić information content (AvgIpc) is 3.31. The van der Waals surface area contributed by atoms with Crippen LogP contribution in [0.15, 0.2) is 36.9 Å². The van der Waals surface area contributed by atoms with E-state index in [-0.39, 0.29) is 0 Å². The van der Waals surface area contributed by atoms with E-state index in [1.807, 2.05) is 22.8 Å². The van der Waals surface area contributed by atoms with E-state index in [4.69, 9.17) is 0 Å². The largest absolute Gasteiger partial charge is 0.367 e. The van der Waals surface area contributed by atoms with Gasteiger partial charge < -0.3 is 10.2 Å². The summed E-state index contributed by atoms with van der Waals surface area (Å²) in [4.78, 5) is 2.40. The number of hydrogen-bond acceptors (Lipinski definition) is 4. The Morgan fingerprint density at radius 3 is 2.60 bits per heavy atom. The average molecular weight is 344 g/mol. The normalized spacial score (nSPS) is 23.1. The SMILES string of the molecule is FC(F)n1cc(-c2cc3c(N4CC5CCC(C4)N5)ccnn3c2)cn1. The number of rotatable bonds is 3. The number of nitrogens with zero attached hydrogens (tertiary/aromatic N) is 5. The van der Waals surface area contributed by atoms with Gasteiger partial charge in [0.05, 0.1) is 17.4 Å². The van der Waals surface area contributed by atoms with Crippen LogP contribution >= 0.6 is 0 Å². The highest BCUT2D eigenvalue weighted by molar-refractivity contribution is 5.79. The molecule has 2 fully saturated rings. The Hall–Kier alpha value is -2.48. The first kappa shape index (κ1) is 14.8. The van der Waals surface area contributed by atoms with Crippen molar-refractivity contribution in [2.45, 2.75) is 31.5 Å². The van der Waals surface area contributed by atoms with Crippen LogP contribution in [-0.4, -0.2) is 44.6 Å². The van der Waals surface area contributed by atoms with Gasteiger partial charge >= 0.3 is 6.55 Å². The van der Waals surface area contributed by atoms with Gasteiger partial charge in [-0.25, -0.2) is 9.20 Å². The van der Waals surface area contributed by atoms with Crippen molar-refractivity contribution in [3.8, 4) is 11.1 Å². The van der Waals surface area contributed by atoms with Crippen LogP contribution in [0.4, 0.5) is 14.5 Å². The van der Waals surface area contributed by atoms with Crippen molar-refractivity contribution < 1.29 is 8.78 Å². The molecule has 25 heavy (non-hydrogen) atoms. The van der Waals surface area contributed by atoms with Crippen molar-refractivity contribution in [2.75, 3.05) is 18.0 Å². The summed E-state index contributed by atoms with van der Waals surface area (Å²) in [6.45, 7) is -0.657. The van der Waals surface area contributed by atoms with E-state index in [2.05, 4.69) is 20.4 Å². The molecular weight excluding hydrogens is 326 g/mol. The molecule has 0 amide bonds. The Labute approximate surface area is 143 Å². The lowest BCUT2D eigenvalue weighted by Crippen LogP contribution is -2.51. The minimum atomic E-state index is -2.63. The second kappa shape index (κ2) is 5.52. The smallest absolute Gasteiger partial charge is 0.333 e. The van der Waals surface area contributed by atoms with Crippen LogP contribution in [0.3, 0.4) is 0 Å². The molecule has 8 heteroatoms. The summed E-state index contributed by atoms with van der Waals surface area (Å²) in [5, 5.41) is 11.7. The number of fused-ring (bicyclic) bond motifs is 3. The molecule has 5 rings (SSSR count). The molecule has 0 spiro atoms. The van der Waals surface area contributed by atoms with Crippen LogP contribution in [0.5, 0.6) is 0 Å². The van der Waals surface area contributed by atoms with Crippen LogP contribution in [0.2, 0.25) is 0 Å². The van der Waals surface area contributed by atoms with E-state index >= 15 is 0 Å². The molecule has 2 bridgehead atoms. The fraction of sp³-hybridized carbons (Fsp3) is 0.412. The van der Waals surface area contributed by atoms with Crippen LogP contribution in [0.25, 0.3) is 16.6 Å². The number of piperazine rings is 1. The minimum Gasteiger partial charge on any atom is -0.367 e. The third kappa shape index (κ3) is 2.48. The van der Waals surface area contributed by atoms with Crippen molar-refractivity contribution in [3.63, 3.8) is 0 Å². The fourth-order valence-corrected chi connectivity index (χ4v) is 4.01. The molecule has 2 atom stereocenters. The van der Waals surface area contributed by atoms with E-state index < -0.39 is 6.55 Å². The van der Waals surface area contributed by atoms with Gasteiger partial charge in [-0.1, -0.05) is 0 Å². The predicted octanol–water partition coefficient (Wildman–Crippen LogP) is 2.53. The van der Waals surface area contributed by atoms with Crippen molar-refractivity contribution in [3.05, 3.63) is 36.9 Å². The third-order valence-electron chi connectivity index (χ3n) is 5.18. The summed E-state index contributed by atoms with van der Waals surface area (Å²) in [7, 11) is 0. The van der Waals surface area contributed by atoms with Gasteiger partial charge in [-0.3, -0.25) is 0 Å². The minimum absolute atomic E-state index is 0.547. The summed E-state index contributed by atoms with van der Waals surface area (Å²) in [5.74, 6) is 0. The molecule has 130 valence electrons. The molecule has 3 aromatic rings. The quantitative estimate of drug-likeness (QED) is 0.793. The molecular formula is C17H18F2N6. The maximum absolute atomic E-state index is 12.8. The Kier molecular flexibility index (Phi) is 3.27. The Balaban J connectivity index is 1.53. The maximum atomic E-state index is 12.8. The molecule has 0 aliphatic carbocycles. The summed E-state index contributed by atoms with van der Waals surface area (Å²) in [5.41, 5.74) is 3.63. The van der Waals surface area contributed by atoms with Gasteiger partial charge in [0.1, 0.15) is 0 Å². The van der Waals surface area contributed by atoms with Crippen molar-refractivity contribution in [1.29, 1.82) is 0 Å². The molecule has 2 saturated heterocycles. The van der Waals surface area contributed by atoms with Gasteiger partial charge in [0, 0.05) is 54.9 Å². The summed E-state index contributed by atoms with van der Waals surface area (Å²) >= 11 is 0. The zero-order valence-electron chi connectivity index (χ0n) is 13.5. The molecule has 1 N–H and O–H groups in total. The first-order valence-electron chi connectivity index (χ1n) is 8.48. The van der Waals surface area contributed by atoms with Gasteiger partial charge in [-0.15, -0.1) is 0 Å². The molecule has 0 radical (unpaired) electrons. The summed E-state index contributed by atoms with van der Waals surface area (Å²) in [6, 6.07) is 5.13. The number of alkyl halides is 2. The van der Waals surface area contributed by atoms with Crippen molar-refractivity contribution in [2.24, 2.45) is 0 Å². The van der Waals surface area contributed by atoms with Gasteiger partial charge in [0.15, 0.2) is 0 Å². The molecule has 0 saturated carbocycles. The third-order valence-corrected chi connectivity index (χ3v) is 5.18. The Bertz CT molecular complexity index is 905.